The lowest BCUT2D eigenvalue weighted by atomic mass is 9.80. The molecule has 176 valence electrons. The molecule has 2 aliphatic rings. The van der Waals surface area contributed by atoms with Crippen LogP contribution >= 0.6 is 0 Å². The molecule has 0 radical (unpaired) electrons. The van der Waals surface area contributed by atoms with Crippen LogP contribution in [0, 0.1) is 5.92 Å². The second-order valence-corrected chi connectivity index (χ2v) is 7.56. The molecule has 0 aromatic heterocycles. The van der Waals surface area contributed by atoms with Crippen LogP contribution in [0.2, 0.25) is 0 Å². The number of halogens is 3. The molecular formula is C20H24F3N3O6. The van der Waals surface area contributed by atoms with E-state index >= 15 is 0 Å². The average Bonchev–Trinajstić information content (AvgIpc) is 2.68. The summed E-state index contributed by atoms with van der Waals surface area (Å²) in [6.07, 6.45) is -2.73. The fourth-order valence-corrected chi connectivity index (χ4v) is 3.36. The highest BCUT2D eigenvalue weighted by molar-refractivity contribution is 5.87. The van der Waals surface area contributed by atoms with Gasteiger partial charge in [-0.1, -0.05) is 30.3 Å². The third-order valence-electron chi connectivity index (χ3n) is 5.12. The van der Waals surface area contributed by atoms with Crippen molar-refractivity contribution in [2.75, 3.05) is 6.54 Å². The molecule has 9 nitrogen and oxygen atoms in total. The van der Waals surface area contributed by atoms with E-state index in [4.69, 9.17) is 15.0 Å². The Bertz CT molecular complexity index is 828. The maximum Gasteiger partial charge on any atom is 0.490 e. The molecule has 12 heteroatoms. The first-order valence-electron chi connectivity index (χ1n) is 9.90. The van der Waals surface area contributed by atoms with Crippen molar-refractivity contribution in [1.82, 2.24) is 15.5 Å². The fourth-order valence-electron chi connectivity index (χ4n) is 3.36. The van der Waals surface area contributed by atoms with Gasteiger partial charge in [0.15, 0.2) is 0 Å². The van der Waals surface area contributed by atoms with E-state index in [9.17, 15) is 27.6 Å². The van der Waals surface area contributed by atoms with Crippen LogP contribution in [-0.4, -0.2) is 63.8 Å². The Hall–Kier alpha value is -3.31. The highest BCUT2D eigenvalue weighted by Gasteiger charge is 2.38. The SMILES string of the molecule is O=C(NC1CC(C(=O)O)C1)NC1CCCN(Cc2ccccc2)C1=O.O=C(O)C(F)(F)F. The molecule has 0 bridgehead atoms. The monoisotopic (exact) mass is 459 g/mol. The number of benzene rings is 1. The molecule has 1 aromatic carbocycles. The van der Waals surface area contributed by atoms with E-state index in [1.165, 1.54) is 0 Å². The summed E-state index contributed by atoms with van der Waals surface area (Å²) >= 11 is 0. The second-order valence-electron chi connectivity index (χ2n) is 7.56. The number of rotatable bonds is 5. The first-order chi connectivity index (χ1) is 15.0. The zero-order valence-electron chi connectivity index (χ0n) is 17.0. The van der Waals surface area contributed by atoms with Crippen molar-refractivity contribution in [3.8, 4) is 0 Å². The number of aliphatic carboxylic acids is 2. The number of carbonyl (C=O) groups is 4. The molecule has 1 saturated heterocycles. The van der Waals surface area contributed by atoms with Gasteiger partial charge in [-0.2, -0.15) is 13.2 Å². The van der Waals surface area contributed by atoms with E-state index in [2.05, 4.69) is 10.6 Å². The first-order valence-corrected chi connectivity index (χ1v) is 9.90. The Balaban J connectivity index is 0.000000451. The molecule has 1 unspecified atom stereocenters. The summed E-state index contributed by atoms with van der Waals surface area (Å²) in [5, 5.41) is 21.5. The highest BCUT2D eigenvalue weighted by atomic mass is 19.4. The van der Waals surface area contributed by atoms with Crippen LogP contribution in [0.25, 0.3) is 0 Å². The van der Waals surface area contributed by atoms with Crippen LogP contribution in [-0.2, 0) is 20.9 Å². The molecule has 32 heavy (non-hydrogen) atoms. The minimum absolute atomic E-state index is 0.0673. The number of carbonyl (C=O) groups excluding carboxylic acids is 2. The third kappa shape index (κ3) is 7.43. The number of hydrogen-bond acceptors (Lipinski definition) is 4. The van der Waals surface area contributed by atoms with Gasteiger partial charge in [-0.05, 0) is 31.2 Å². The number of urea groups is 1. The number of piperidine rings is 1. The smallest absolute Gasteiger partial charge is 0.481 e. The van der Waals surface area contributed by atoms with Crippen LogP contribution in [0.15, 0.2) is 30.3 Å². The minimum atomic E-state index is -5.08. The van der Waals surface area contributed by atoms with Gasteiger partial charge in [0.25, 0.3) is 0 Å². The van der Waals surface area contributed by atoms with Crippen LogP contribution < -0.4 is 10.6 Å². The first kappa shape index (κ1) is 25.0. The highest BCUT2D eigenvalue weighted by Crippen LogP contribution is 2.27. The van der Waals surface area contributed by atoms with E-state index in [1.807, 2.05) is 30.3 Å². The van der Waals surface area contributed by atoms with Crippen molar-refractivity contribution >= 4 is 23.9 Å². The van der Waals surface area contributed by atoms with Crippen molar-refractivity contribution in [1.29, 1.82) is 0 Å². The maximum atomic E-state index is 12.6. The number of nitrogens with zero attached hydrogens (tertiary/aromatic N) is 1. The van der Waals surface area contributed by atoms with Gasteiger partial charge in [0.2, 0.25) is 5.91 Å². The van der Waals surface area contributed by atoms with Gasteiger partial charge in [-0.15, -0.1) is 0 Å². The van der Waals surface area contributed by atoms with Crippen molar-refractivity contribution < 1.29 is 42.6 Å². The van der Waals surface area contributed by atoms with E-state index < -0.39 is 30.2 Å². The molecule has 1 heterocycles. The molecule has 1 saturated carbocycles. The predicted molar refractivity (Wildman–Crippen MR) is 104 cm³/mol. The zero-order valence-corrected chi connectivity index (χ0v) is 17.0. The molecule has 1 atom stereocenters. The number of alkyl halides is 3. The average molecular weight is 459 g/mol. The second kappa shape index (κ2) is 10.8. The lowest BCUT2D eigenvalue weighted by Crippen LogP contribution is -2.57. The number of nitrogens with one attached hydrogen (secondary N) is 2. The van der Waals surface area contributed by atoms with Crippen molar-refractivity contribution in [3.63, 3.8) is 0 Å². The van der Waals surface area contributed by atoms with Gasteiger partial charge < -0.3 is 25.7 Å². The lowest BCUT2D eigenvalue weighted by molar-refractivity contribution is -0.192. The Morgan fingerprint density at radius 1 is 1.06 bits per heavy atom. The number of amides is 3. The number of hydrogen-bond donors (Lipinski definition) is 4. The largest absolute Gasteiger partial charge is 0.490 e. The summed E-state index contributed by atoms with van der Waals surface area (Å²) in [5.41, 5.74) is 1.06. The molecule has 4 N–H and O–H groups in total. The molecule has 2 fully saturated rings. The maximum absolute atomic E-state index is 12.6. The van der Waals surface area contributed by atoms with Crippen molar-refractivity contribution in [3.05, 3.63) is 35.9 Å². The van der Waals surface area contributed by atoms with E-state index in [0.717, 1.165) is 12.0 Å². The van der Waals surface area contributed by atoms with Gasteiger partial charge in [0.05, 0.1) is 5.92 Å². The lowest BCUT2D eigenvalue weighted by Gasteiger charge is -2.35. The summed E-state index contributed by atoms with van der Waals surface area (Å²) in [5.74, 6) is -4.02. The summed E-state index contributed by atoms with van der Waals surface area (Å²) in [6.45, 7) is 1.23. The molecule has 1 aliphatic heterocycles. The fraction of sp³-hybridized carbons (Fsp3) is 0.500. The van der Waals surface area contributed by atoms with Crippen LogP contribution in [0.4, 0.5) is 18.0 Å². The molecule has 3 amide bonds. The topological polar surface area (TPSA) is 136 Å². The van der Waals surface area contributed by atoms with E-state index in [-0.39, 0.29) is 17.9 Å². The normalized spacial score (nSPS) is 22.7. The minimum Gasteiger partial charge on any atom is -0.481 e. The van der Waals surface area contributed by atoms with Crippen LogP contribution in [0.1, 0.15) is 31.2 Å². The predicted octanol–water partition coefficient (Wildman–Crippen LogP) is 1.97. The Kier molecular flexibility index (Phi) is 8.44. The number of carboxylic acids is 2. The summed E-state index contributed by atoms with van der Waals surface area (Å²) in [6, 6.07) is 8.73. The van der Waals surface area contributed by atoms with Gasteiger partial charge in [-0.25, -0.2) is 9.59 Å². The zero-order chi connectivity index (χ0) is 23.9. The van der Waals surface area contributed by atoms with E-state index in [0.29, 0.717) is 32.4 Å². The third-order valence-corrected chi connectivity index (χ3v) is 5.12. The van der Waals surface area contributed by atoms with Crippen molar-refractivity contribution in [2.45, 2.75) is 50.5 Å². The standard InChI is InChI=1S/C18H23N3O4.C2HF3O2/c22-16-15(20-18(25)19-14-9-13(10-14)17(23)24)7-4-8-21(16)11-12-5-2-1-3-6-12;3-2(4,5)1(6)7/h1-3,5-6,13-15H,4,7-11H2,(H,23,24)(H2,19,20,25);(H,6,7). The quantitative estimate of drug-likeness (QED) is 0.532. The Morgan fingerprint density at radius 2 is 1.66 bits per heavy atom. The summed E-state index contributed by atoms with van der Waals surface area (Å²) in [7, 11) is 0. The van der Waals surface area contributed by atoms with Gasteiger partial charge >= 0.3 is 24.1 Å². The van der Waals surface area contributed by atoms with Gasteiger partial charge in [-0.3, -0.25) is 9.59 Å². The molecule has 3 rings (SSSR count). The Labute approximate surface area is 181 Å². The molecule has 0 spiro atoms. The van der Waals surface area contributed by atoms with Gasteiger partial charge in [0, 0.05) is 19.1 Å². The molecule has 1 aromatic rings. The van der Waals surface area contributed by atoms with Crippen LogP contribution in [0.5, 0.6) is 0 Å². The van der Waals surface area contributed by atoms with Crippen LogP contribution in [0.3, 0.4) is 0 Å². The summed E-state index contributed by atoms with van der Waals surface area (Å²) < 4.78 is 31.7. The van der Waals surface area contributed by atoms with Crippen molar-refractivity contribution in [2.24, 2.45) is 5.92 Å². The summed E-state index contributed by atoms with van der Waals surface area (Å²) in [4.78, 5) is 46.1. The van der Waals surface area contributed by atoms with Gasteiger partial charge in [0.1, 0.15) is 6.04 Å². The number of likely N-dealkylation sites (tertiary alicyclic amines) is 1. The van der Waals surface area contributed by atoms with E-state index in [1.54, 1.807) is 4.90 Å². The molecule has 1 aliphatic carbocycles. The molecular weight excluding hydrogens is 435 g/mol. The Morgan fingerprint density at radius 3 is 2.19 bits per heavy atom. The number of carboxylic acid groups (broad SMARTS) is 2.